The number of fused-ring (bicyclic) bond motifs is 1. The van der Waals surface area contributed by atoms with Crippen LogP contribution in [-0.4, -0.2) is 50.2 Å². The van der Waals surface area contributed by atoms with E-state index in [0.29, 0.717) is 44.7 Å². The van der Waals surface area contributed by atoms with E-state index in [-0.39, 0.29) is 58.4 Å². The summed E-state index contributed by atoms with van der Waals surface area (Å²) in [5.41, 5.74) is 4.07. The molecule has 0 saturated carbocycles. The van der Waals surface area contributed by atoms with Gasteiger partial charge in [0.25, 0.3) is 11.8 Å². The lowest BCUT2D eigenvalue weighted by Crippen LogP contribution is -2.34. The van der Waals surface area contributed by atoms with Crippen molar-refractivity contribution in [2.45, 2.75) is 13.2 Å². The second-order valence-corrected chi connectivity index (χ2v) is 11.8. The Morgan fingerprint density at radius 3 is 2.33 bits per heavy atom. The lowest BCUT2D eigenvalue weighted by molar-refractivity contribution is -0.0420. The molecule has 0 unspecified atom stereocenters. The van der Waals surface area contributed by atoms with Crippen molar-refractivity contribution in [3.8, 4) is 28.2 Å². The molecule has 0 bridgehead atoms. The number of carbonyl (C=O) groups excluding carboxylic acids is 2. The largest absolute Gasteiger partial charge is 0.508 e. The van der Waals surface area contributed by atoms with Gasteiger partial charge in [-0.3, -0.25) is 14.4 Å². The van der Waals surface area contributed by atoms with E-state index >= 15 is 0 Å². The summed E-state index contributed by atoms with van der Waals surface area (Å²) in [4.78, 5) is 46.6. The molecular formula is C39H34N6O7. The normalized spacial score (nSPS) is 11.0. The highest BCUT2D eigenvalue weighted by Crippen LogP contribution is 2.33. The Hall–Kier alpha value is -6.83. The first-order valence-corrected chi connectivity index (χ1v) is 16.1. The number of rotatable bonds is 11. The standard InChI is InChI=1S/C39H34N6O7/c1-21-7-9-27(46)19-32(21)44-34-13-14-42-39(45-34)43-26-6-4-5-24(17-26)36(48)40-15-16-41-37(49)25-8-11-29(31(18-25)38(50)51)35-22(2)23(3)52-33-20-28(47)10-12-30(33)35/h4-14,17-20,38,46,50-51H,2-3,15-16H2,1H3,(H,40,48)(H,41,49)(H2,42,43,44,45). The van der Waals surface area contributed by atoms with E-state index in [9.17, 15) is 29.7 Å². The number of phenols is 1. The third kappa shape index (κ3) is 7.81. The van der Waals surface area contributed by atoms with Crippen molar-refractivity contribution < 1.29 is 29.3 Å². The van der Waals surface area contributed by atoms with Crippen molar-refractivity contribution in [1.29, 1.82) is 0 Å². The molecule has 4 aromatic rings. The second-order valence-electron chi connectivity index (χ2n) is 11.8. The number of aromatic hydroxyl groups is 1. The van der Waals surface area contributed by atoms with Gasteiger partial charge in [0.15, 0.2) is 11.7 Å². The summed E-state index contributed by atoms with van der Waals surface area (Å²) in [5, 5.41) is 42.5. The van der Waals surface area contributed by atoms with Crippen LogP contribution in [0.1, 0.15) is 38.1 Å². The van der Waals surface area contributed by atoms with Crippen LogP contribution in [-0.2, 0) is 0 Å². The number of phenolic OH excluding ortho intramolecular Hbond substituents is 1. The summed E-state index contributed by atoms with van der Waals surface area (Å²) in [7, 11) is 0. The highest BCUT2D eigenvalue weighted by Gasteiger charge is 2.21. The maximum atomic E-state index is 13.0. The first-order chi connectivity index (χ1) is 25.0. The van der Waals surface area contributed by atoms with Gasteiger partial charge >= 0.3 is 0 Å². The number of aliphatic hydroxyl groups excluding tert-OH is 1. The molecule has 0 atom stereocenters. The van der Waals surface area contributed by atoms with Gasteiger partial charge in [0, 0.05) is 75.8 Å². The maximum Gasteiger partial charge on any atom is 0.251 e. The van der Waals surface area contributed by atoms with Crippen LogP contribution in [0.5, 0.6) is 5.75 Å². The van der Waals surface area contributed by atoms with Gasteiger partial charge in [0.2, 0.25) is 5.95 Å². The van der Waals surface area contributed by atoms with Gasteiger partial charge in [-0.15, -0.1) is 0 Å². The molecule has 262 valence electrons. The Kier molecular flexibility index (Phi) is 10.1. The fraction of sp³-hybridized carbons (Fsp3) is 0.103. The van der Waals surface area contributed by atoms with Crippen molar-refractivity contribution >= 4 is 48.1 Å². The van der Waals surface area contributed by atoms with Crippen molar-refractivity contribution in [2.24, 2.45) is 0 Å². The van der Waals surface area contributed by atoms with Gasteiger partial charge in [-0.1, -0.05) is 31.4 Å². The van der Waals surface area contributed by atoms with Crippen molar-refractivity contribution in [2.75, 3.05) is 23.7 Å². The van der Waals surface area contributed by atoms with Gasteiger partial charge in [-0.05, 0) is 72.6 Å². The topological polar surface area (TPSA) is 199 Å². The molecule has 6 rings (SSSR count). The number of amides is 2. The minimum Gasteiger partial charge on any atom is -0.508 e. The number of aryl methyl sites for hydroxylation is 1. The summed E-state index contributed by atoms with van der Waals surface area (Å²) < 4.78 is 5.65. The molecule has 0 spiro atoms. The summed E-state index contributed by atoms with van der Waals surface area (Å²) in [5.74, 6) is 0.309. The van der Waals surface area contributed by atoms with Gasteiger partial charge < -0.3 is 41.0 Å². The van der Waals surface area contributed by atoms with Crippen LogP contribution in [0.2, 0.25) is 0 Å². The van der Waals surface area contributed by atoms with Gasteiger partial charge in [0.05, 0.1) is 0 Å². The zero-order chi connectivity index (χ0) is 36.9. The highest BCUT2D eigenvalue weighted by molar-refractivity contribution is 5.97. The minimum atomic E-state index is -1.94. The predicted molar refractivity (Wildman–Crippen MR) is 197 cm³/mol. The molecule has 0 fully saturated rings. The molecule has 13 nitrogen and oxygen atoms in total. The van der Waals surface area contributed by atoms with Gasteiger partial charge in [0.1, 0.15) is 22.7 Å². The van der Waals surface area contributed by atoms with Crippen LogP contribution in [0.25, 0.3) is 35.6 Å². The maximum absolute atomic E-state index is 13.0. The van der Waals surface area contributed by atoms with Crippen LogP contribution in [0.4, 0.5) is 23.1 Å². The molecule has 0 radical (unpaired) electrons. The van der Waals surface area contributed by atoms with E-state index in [1.165, 1.54) is 24.3 Å². The molecule has 0 saturated heterocycles. The fourth-order valence-corrected chi connectivity index (χ4v) is 5.54. The van der Waals surface area contributed by atoms with E-state index in [0.717, 1.165) is 5.56 Å². The number of nitrogens with one attached hydrogen (secondary N) is 4. The van der Waals surface area contributed by atoms with Crippen molar-refractivity contribution in [3.63, 3.8) is 0 Å². The minimum absolute atomic E-state index is 0.0393. The number of nitrogens with zero attached hydrogens (tertiary/aromatic N) is 2. The lowest BCUT2D eigenvalue weighted by atomic mass is 9.91. The first-order valence-electron chi connectivity index (χ1n) is 16.1. The average molecular weight is 699 g/mol. The van der Waals surface area contributed by atoms with Crippen LogP contribution < -0.4 is 37.3 Å². The zero-order valence-corrected chi connectivity index (χ0v) is 27.9. The summed E-state index contributed by atoms with van der Waals surface area (Å²) >= 11 is 0. The average Bonchev–Trinajstić information content (AvgIpc) is 3.12. The van der Waals surface area contributed by atoms with Gasteiger partial charge in [-0.2, -0.15) is 4.98 Å². The smallest absolute Gasteiger partial charge is 0.251 e. The van der Waals surface area contributed by atoms with Crippen molar-refractivity contribution in [1.82, 2.24) is 20.6 Å². The highest BCUT2D eigenvalue weighted by atomic mass is 16.5. The Balaban J connectivity index is 1.07. The summed E-state index contributed by atoms with van der Waals surface area (Å²) in [6, 6.07) is 22.1. The van der Waals surface area contributed by atoms with Crippen LogP contribution in [0.15, 0.2) is 100 Å². The van der Waals surface area contributed by atoms with E-state index in [4.69, 9.17) is 4.42 Å². The molecule has 13 heteroatoms. The Morgan fingerprint density at radius 1 is 0.846 bits per heavy atom. The number of hydrogen-bond donors (Lipinski definition) is 7. The van der Waals surface area contributed by atoms with E-state index in [1.54, 1.807) is 66.9 Å². The SMILES string of the molecule is C=c1oc2cc(=O)ccc-2c(-c2ccc(C(=O)NCCNC(=O)c3cccc(Nc4nccc(Nc5cc(O)ccc5C)n4)c3)cc2C(O)O)c1=C. The number of carbonyl (C=O) groups is 2. The Labute approximate surface area is 297 Å². The number of anilines is 4. The number of hydrogen-bond acceptors (Lipinski definition) is 11. The first kappa shape index (κ1) is 35.0. The second kappa shape index (κ2) is 15.0. The molecular weight excluding hydrogens is 664 g/mol. The van der Waals surface area contributed by atoms with Crippen LogP contribution in [0, 0.1) is 6.92 Å². The molecule has 1 aliphatic heterocycles. The monoisotopic (exact) mass is 698 g/mol. The molecule has 2 heterocycles. The third-order valence-electron chi connectivity index (χ3n) is 8.17. The molecule has 2 amide bonds. The van der Waals surface area contributed by atoms with E-state index < -0.39 is 12.2 Å². The molecule has 2 aliphatic rings. The quantitative estimate of drug-likeness (QED) is 0.0770. The number of benzene rings is 4. The van der Waals surface area contributed by atoms with E-state index in [2.05, 4.69) is 44.4 Å². The van der Waals surface area contributed by atoms with Crippen LogP contribution >= 0.6 is 0 Å². The zero-order valence-electron chi connectivity index (χ0n) is 27.9. The van der Waals surface area contributed by atoms with Crippen LogP contribution in [0.3, 0.4) is 0 Å². The molecule has 7 N–H and O–H groups in total. The third-order valence-corrected chi connectivity index (χ3v) is 8.17. The summed E-state index contributed by atoms with van der Waals surface area (Å²) in [6.45, 7) is 9.98. The fourth-order valence-electron chi connectivity index (χ4n) is 5.54. The number of aliphatic hydroxyl groups is 2. The molecule has 1 aromatic heterocycles. The van der Waals surface area contributed by atoms with Gasteiger partial charge in [-0.25, -0.2) is 4.98 Å². The predicted octanol–water partition coefficient (Wildman–Crippen LogP) is 3.67. The summed E-state index contributed by atoms with van der Waals surface area (Å²) in [6.07, 6.45) is -0.363. The molecule has 1 aliphatic carbocycles. The Morgan fingerprint density at radius 2 is 1.58 bits per heavy atom. The Bertz CT molecular complexity index is 2450. The molecule has 3 aromatic carbocycles. The molecule has 52 heavy (non-hydrogen) atoms. The lowest BCUT2D eigenvalue weighted by Gasteiger charge is -2.18. The van der Waals surface area contributed by atoms with Crippen molar-refractivity contribution in [3.05, 3.63) is 134 Å². The van der Waals surface area contributed by atoms with E-state index in [1.807, 2.05) is 6.92 Å². The number of aromatic nitrogens is 2.